The molecule has 126 valence electrons. The molecule has 0 aliphatic heterocycles. The number of rotatable bonds is 6. The van der Waals surface area contributed by atoms with E-state index in [9.17, 15) is 4.79 Å². The van der Waals surface area contributed by atoms with Crippen molar-refractivity contribution in [3.05, 3.63) is 65.0 Å². The van der Waals surface area contributed by atoms with Gasteiger partial charge in [0.15, 0.2) is 0 Å². The summed E-state index contributed by atoms with van der Waals surface area (Å²) in [4.78, 5) is 15.6. The fourth-order valence-corrected chi connectivity index (χ4v) is 2.87. The van der Waals surface area contributed by atoms with Gasteiger partial charge < -0.3 is 9.84 Å². The molecule has 3 rings (SSSR count). The Bertz CT molecular complexity index is 921. The number of ether oxygens (including phenoxy) is 1. The molecule has 2 aromatic carbocycles. The van der Waals surface area contributed by atoms with Crippen LogP contribution in [0.3, 0.4) is 0 Å². The lowest BCUT2D eigenvalue weighted by Crippen LogP contribution is -2.02. The summed E-state index contributed by atoms with van der Waals surface area (Å²) in [6, 6.07) is 14.3. The van der Waals surface area contributed by atoms with E-state index in [1.165, 1.54) is 23.6 Å². The number of nitrogens with one attached hydrogen (secondary N) is 1. The molecule has 0 bridgehead atoms. The fraction of sp³-hybridized carbons (Fsp3) is 0.0556. The predicted molar refractivity (Wildman–Crippen MR) is 98.7 cm³/mol. The van der Waals surface area contributed by atoms with Crippen LogP contribution in [0, 0.1) is 0 Å². The first-order valence-electron chi connectivity index (χ1n) is 7.39. The van der Waals surface area contributed by atoms with E-state index in [2.05, 4.69) is 15.5 Å². The lowest BCUT2D eigenvalue weighted by molar-refractivity contribution is 0.0697. The van der Waals surface area contributed by atoms with E-state index >= 15 is 0 Å². The number of methoxy groups -OCH3 is 1. The highest BCUT2D eigenvalue weighted by Gasteiger charge is 2.07. The van der Waals surface area contributed by atoms with Crippen molar-refractivity contribution < 1.29 is 14.6 Å². The van der Waals surface area contributed by atoms with Gasteiger partial charge in [-0.15, -0.1) is 11.3 Å². The molecule has 0 saturated carbocycles. The number of aromatic carboxylic acids is 1. The number of benzene rings is 2. The summed E-state index contributed by atoms with van der Waals surface area (Å²) >= 11 is 1.41. The Hall–Kier alpha value is -3.19. The molecule has 0 aliphatic rings. The topological polar surface area (TPSA) is 83.8 Å². The Kier molecular flexibility index (Phi) is 5.06. The maximum Gasteiger partial charge on any atom is 0.336 e. The van der Waals surface area contributed by atoms with E-state index in [1.807, 2.05) is 29.6 Å². The van der Waals surface area contributed by atoms with Gasteiger partial charge in [-0.1, -0.05) is 30.3 Å². The zero-order chi connectivity index (χ0) is 17.6. The van der Waals surface area contributed by atoms with Crippen LogP contribution in [0.25, 0.3) is 11.3 Å². The highest BCUT2D eigenvalue weighted by molar-refractivity contribution is 7.14. The lowest BCUT2D eigenvalue weighted by atomic mass is 10.1. The van der Waals surface area contributed by atoms with Crippen molar-refractivity contribution in [2.45, 2.75) is 0 Å². The molecule has 0 radical (unpaired) electrons. The summed E-state index contributed by atoms with van der Waals surface area (Å²) in [7, 11) is 1.62. The number of hydrogen-bond acceptors (Lipinski definition) is 6. The third-order valence-corrected chi connectivity index (χ3v) is 4.17. The van der Waals surface area contributed by atoms with Gasteiger partial charge in [0.1, 0.15) is 5.75 Å². The third kappa shape index (κ3) is 4.02. The molecule has 6 nitrogen and oxygen atoms in total. The van der Waals surface area contributed by atoms with Crippen LogP contribution in [0.15, 0.2) is 59.0 Å². The van der Waals surface area contributed by atoms with Gasteiger partial charge in [0, 0.05) is 16.5 Å². The number of anilines is 1. The average Bonchev–Trinajstić information content (AvgIpc) is 3.11. The molecular formula is C18H15N3O3S. The molecule has 0 amide bonds. The van der Waals surface area contributed by atoms with Crippen LogP contribution in [0.4, 0.5) is 5.13 Å². The number of thiazole rings is 1. The Balaban J connectivity index is 1.73. The van der Waals surface area contributed by atoms with Crippen LogP contribution in [0.2, 0.25) is 0 Å². The molecule has 0 fully saturated rings. The molecule has 0 saturated heterocycles. The second kappa shape index (κ2) is 7.59. The Morgan fingerprint density at radius 3 is 2.92 bits per heavy atom. The maximum atomic E-state index is 11.2. The highest BCUT2D eigenvalue weighted by atomic mass is 32.1. The van der Waals surface area contributed by atoms with Crippen molar-refractivity contribution in [3.8, 4) is 17.0 Å². The largest absolute Gasteiger partial charge is 0.497 e. The zero-order valence-electron chi connectivity index (χ0n) is 13.3. The molecule has 3 aromatic rings. The molecule has 25 heavy (non-hydrogen) atoms. The van der Waals surface area contributed by atoms with Gasteiger partial charge in [0.25, 0.3) is 0 Å². The number of hydrogen-bond donors (Lipinski definition) is 2. The van der Waals surface area contributed by atoms with Gasteiger partial charge >= 0.3 is 5.97 Å². The monoisotopic (exact) mass is 353 g/mol. The Morgan fingerprint density at radius 1 is 1.28 bits per heavy atom. The standard InChI is InChI=1S/C18H15N3O3S/c1-24-14-7-4-6-12(9-14)16-11-25-18(20-16)21-19-10-13-5-2-3-8-15(13)17(22)23/h2-11H,1H3,(H,20,21)(H,22,23)/b19-10+. The number of carboxylic acid groups (broad SMARTS) is 1. The molecule has 1 heterocycles. The Morgan fingerprint density at radius 2 is 2.12 bits per heavy atom. The van der Waals surface area contributed by atoms with Crippen molar-refractivity contribution in [2.75, 3.05) is 12.5 Å². The quantitative estimate of drug-likeness (QED) is 0.517. The first-order valence-corrected chi connectivity index (χ1v) is 8.26. The van der Waals surface area contributed by atoms with E-state index in [4.69, 9.17) is 9.84 Å². The Labute approximate surface area is 148 Å². The predicted octanol–water partition coefficient (Wildman–Crippen LogP) is 3.96. The molecular weight excluding hydrogens is 338 g/mol. The second-order valence-electron chi connectivity index (χ2n) is 5.03. The van der Waals surface area contributed by atoms with Gasteiger partial charge in [0.2, 0.25) is 5.13 Å². The van der Waals surface area contributed by atoms with E-state index < -0.39 is 5.97 Å². The van der Waals surface area contributed by atoms with Crippen LogP contribution in [0.1, 0.15) is 15.9 Å². The van der Waals surface area contributed by atoms with Crippen molar-refractivity contribution in [1.82, 2.24) is 4.98 Å². The fourth-order valence-electron chi connectivity index (χ4n) is 2.20. The smallest absolute Gasteiger partial charge is 0.336 e. The van der Waals surface area contributed by atoms with Crippen LogP contribution >= 0.6 is 11.3 Å². The molecule has 1 aromatic heterocycles. The van der Waals surface area contributed by atoms with E-state index in [0.717, 1.165) is 17.0 Å². The average molecular weight is 353 g/mol. The third-order valence-electron chi connectivity index (χ3n) is 3.42. The van der Waals surface area contributed by atoms with Crippen molar-refractivity contribution >= 4 is 28.7 Å². The van der Waals surface area contributed by atoms with Crippen LogP contribution in [-0.2, 0) is 0 Å². The minimum atomic E-state index is -0.989. The van der Waals surface area contributed by atoms with Gasteiger partial charge in [-0.05, 0) is 18.2 Å². The summed E-state index contributed by atoms with van der Waals surface area (Å²) in [5.41, 5.74) is 5.31. The van der Waals surface area contributed by atoms with E-state index in [1.54, 1.807) is 25.3 Å². The summed E-state index contributed by atoms with van der Waals surface area (Å²) in [5.74, 6) is -0.222. The van der Waals surface area contributed by atoms with Gasteiger partial charge in [-0.3, -0.25) is 5.43 Å². The van der Waals surface area contributed by atoms with Crippen molar-refractivity contribution in [1.29, 1.82) is 0 Å². The van der Waals surface area contributed by atoms with E-state index in [0.29, 0.717) is 10.7 Å². The van der Waals surface area contributed by atoms with Gasteiger partial charge in [0.05, 0.1) is 24.6 Å². The summed E-state index contributed by atoms with van der Waals surface area (Å²) in [6.45, 7) is 0. The first kappa shape index (κ1) is 16.7. The summed E-state index contributed by atoms with van der Waals surface area (Å²) in [6.07, 6.45) is 1.47. The molecule has 2 N–H and O–H groups in total. The highest BCUT2D eigenvalue weighted by Crippen LogP contribution is 2.27. The number of nitrogens with zero attached hydrogens (tertiary/aromatic N) is 2. The minimum absolute atomic E-state index is 0.198. The normalized spacial score (nSPS) is 10.8. The van der Waals surface area contributed by atoms with Crippen LogP contribution in [-0.4, -0.2) is 29.4 Å². The van der Waals surface area contributed by atoms with E-state index in [-0.39, 0.29) is 5.56 Å². The number of carbonyl (C=O) groups is 1. The van der Waals surface area contributed by atoms with Gasteiger partial charge in [-0.2, -0.15) is 5.10 Å². The van der Waals surface area contributed by atoms with Gasteiger partial charge in [-0.25, -0.2) is 9.78 Å². The van der Waals surface area contributed by atoms with Crippen LogP contribution < -0.4 is 10.2 Å². The van der Waals surface area contributed by atoms with Crippen molar-refractivity contribution in [3.63, 3.8) is 0 Å². The number of aromatic nitrogens is 1. The minimum Gasteiger partial charge on any atom is -0.497 e. The maximum absolute atomic E-state index is 11.2. The summed E-state index contributed by atoms with van der Waals surface area (Å²) in [5, 5.41) is 15.8. The summed E-state index contributed by atoms with van der Waals surface area (Å²) < 4.78 is 5.22. The zero-order valence-corrected chi connectivity index (χ0v) is 14.2. The number of carboxylic acids is 1. The molecule has 0 atom stereocenters. The van der Waals surface area contributed by atoms with Crippen molar-refractivity contribution in [2.24, 2.45) is 5.10 Å². The first-order chi connectivity index (χ1) is 12.2. The molecule has 7 heteroatoms. The van der Waals surface area contributed by atoms with Crippen LogP contribution in [0.5, 0.6) is 5.75 Å². The lowest BCUT2D eigenvalue weighted by Gasteiger charge is -2.01. The SMILES string of the molecule is COc1cccc(-c2csc(N/N=C/c3ccccc3C(=O)O)n2)c1. The number of hydrazone groups is 1. The molecule has 0 unspecified atom stereocenters. The molecule has 0 aliphatic carbocycles. The second-order valence-corrected chi connectivity index (χ2v) is 5.89. The molecule has 0 spiro atoms.